The van der Waals surface area contributed by atoms with Crippen LogP contribution in [0.5, 0.6) is 0 Å². The van der Waals surface area contributed by atoms with Crippen LogP contribution in [0.4, 0.5) is 11.5 Å². The molecule has 1 aromatic heterocycles. The lowest BCUT2D eigenvalue weighted by Gasteiger charge is -2.09. The number of nitriles is 1. The van der Waals surface area contributed by atoms with Crippen molar-refractivity contribution in [2.45, 2.75) is 6.92 Å². The van der Waals surface area contributed by atoms with Gasteiger partial charge in [-0.3, -0.25) is 0 Å². The van der Waals surface area contributed by atoms with Gasteiger partial charge < -0.3 is 5.32 Å². The van der Waals surface area contributed by atoms with Gasteiger partial charge in [-0.1, -0.05) is 22.0 Å². The average molecular weight is 288 g/mol. The minimum Gasteiger partial charge on any atom is -0.340 e. The number of nitrogens with zero attached hydrogens (tertiary/aromatic N) is 2. The van der Waals surface area contributed by atoms with Crippen LogP contribution < -0.4 is 5.32 Å². The molecule has 1 heterocycles. The van der Waals surface area contributed by atoms with Gasteiger partial charge in [-0.2, -0.15) is 5.26 Å². The molecule has 0 radical (unpaired) electrons. The second-order valence-electron chi connectivity index (χ2n) is 3.63. The van der Waals surface area contributed by atoms with E-state index < -0.39 is 0 Å². The second kappa shape index (κ2) is 4.98. The van der Waals surface area contributed by atoms with E-state index in [-0.39, 0.29) is 0 Å². The van der Waals surface area contributed by atoms with Gasteiger partial charge in [0, 0.05) is 16.4 Å². The number of rotatable bonds is 2. The third kappa shape index (κ3) is 2.83. The number of aryl methyl sites for hydroxylation is 1. The third-order valence-electron chi connectivity index (χ3n) is 2.35. The van der Waals surface area contributed by atoms with E-state index in [9.17, 15) is 0 Å². The van der Waals surface area contributed by atoms with Crippen molar-refractivity contribution in [2.24, 2.45) is 0 Å². The highest BCUT2D eigenvalue weighted by molar-refractivity contribution is 9.10. The predicted molar refractivity (Wildman–Crippen MR) is 71.1 cm³/mol. The molecule has 0 amide bonds. The molecule has 17 heavy (non-hydrogen) atoms. The summed E-state index contributed by atoms with van der Waals surface area (Å²) in [5.74, 6) is 0.727. The minimum absolute atomic E-state index is 0.557. The summed E-state index contributed by atoms with van der Waals surface area (Å²) in [4.78, 5) is 4.17. The van der Waals surface area contributed by atoms with Crippen LogP contribution in [0.3, 0.4) is 0 Å². The van der Waals surface area contributed by atoms with Gasteiger partial charge in [-0.25, -0.2) is 4.98 Å². The van der Waals surface area contributed by atoms with Gasteiger partial charge >= 0.3 is 0 Å². The summed E-state index contributed by atoms with van der Waals surface area (Å²) in [6.45, 7) is 2.03. The van der Waals surface area contributed by atoms with Crippen molar-refractivity contribution < 1.29 is 0 Å². The van der Waals surface area contributed by atoms with Crippen LogP contribution in [0.2, 0.25) is 0 Å². The zero-order chi connectivity index (χ0) is 12.3. The Morgan fingerprint density at radius 2 is 2.12 bits per heavy atom. The number of benzene rings is 1. The summed E-state index contributed by atoms with van der Waals surface area (Å²) in [7, 11) is 0. The molecule has 4 heteroatoms. The van der Waals surface area contributed by atoms with Gasteiger partial charge in [0.25, 0.3) is 0 Å². The normalized spacial score (nSPS) is 9.71. The fourth-order valence-electron chi connectivity index (χ4n) is 1.40. The molecular formula is C13H10BrN3. The second-order valence-corrected chi connectivity index (χ2v) is 4.54. The third-order valence-corrected chi connectivity index (χ3v) is 2.85. The highest BCUT2D eigenvalue weighted by atomic mass is 79.9. The first-order chi connectivity index (χ1) is 8.19. The number of halogens is 1. The van der Waals surface area contributed by atoms with Gasteiger partial charge in [0.1, 0.15) is 11.9 Å². The summed E-state index contributed by atoms with van der Waals surface area (Å²) < 4.78 is 1.01. The van der Waals surface area contributed by atoms with Crippen molar-refractivity contribution in [1.29, 1.82) is 5.26 Å². The van der Waals surface area contributed by atoms with E-state index in [2.05, 4.69) is 26.2 Å². The minimum atomic E-state index is 0.557. The molecule has 0 fully saturated rings. The Kier molecular flexibility index (Phi) is 3.40. The van der Waals surface area contributed by atoms with Crippen LogP contribution in [-0.2, 0) is 0 Å². The molecule has 0 unspecified atom stereocenters. The van der Waals surface area contributed by atoms with Gasteiger partial charge in [0.15, 0.2) is 0 Å². The Morgan fingerprint density at radius 1 is 1.29 bits per heavy atom. The zero-order valence-electron chi connectivity index (χ0n) is 9.24. The average Bonchev–Trinajstić information content (AvgIpc) is 2.35. The summed E-state index contributed by atoms with van der Waals surface area (Å²) in [6, 6.07) is 11.6. The Balaban J connectivity index is 2.25. The smallest absolute Gasteiger partial charge is 0.130 e. The molecule has 0 saturated heterocycles. The standard InChI is InChI=1S/C13H10BrN3/c1-9-2-4-11(14)6-12(9)17-13-5-3-10(7-15)8-16-13/h2-6,8H,1H3,(H,16,17). The highest BCUT2D eigenvalue weighted by Crippen LogP contribution is 2.23. The van der Waals surface area contributed by atoms with Crippen molar-refractivity contribution in [3.63, 3.8) is 0 Å². The summed E-state index contributed by atoms with van der Waals surface area (Å²) in [6.07, 6.45) is 1.55. The first-order valence-electron chi connectivity index (χ1n) is 5.08. The maximum atomic E-state index is 8.68. The molecule has 0 aliphatic rings. The molecule has 1 aromatic carbocycles. The maximum absolute atomic E-state index is 8.68. The number of hydrogen-bond donors (Lipinski definition) is 1. The summed E-state index contributed by atoms with van der Waals surface area (Å²) in [5, 5.41) is 11.9. The molecule has 3 nitrogen and oxygen atoms in total. The van der Waals surface area contributed by atoms with E-state index >= 15 is 0 Å². The SMILES string of the molecule is Cc1ccc(Br)cc1Nc1ccc(C#N)cn1. The Hall–Kier alpha value is -1.86. The van der Waals surface area contributed by atoms with E-state index in [1.54, 1.807) is 18.3 Å². The van der Waals surface area contributed by atoms with E-state index in [1.165, 1.54) is 0 Å². The Morgan fingerprint density at radius 3 is 2.76 bits per heavy atom. The predicted octanol–water partition coefficient (Wildman–Crippen LogP) is 3.77. The van der Waals surface area contributed by atoms with Crippen LogP contribution in [0, 0.1) is 18.3 Å². The van der Waals surface area contributed by atoms with E-state index in [4.69, 9.17) is 5.26 Å². The zero-order valence-corrected chi connectivity index (χ0v) is 10.8. The largest absolute Gasteiger partial charge is 0.340 e. The number of anilines is 2. The molecule has 0 spiro atoms. The van der Waals surface area contributed by atoms with Crippen molar-refractivity contribution in [3.05, 3.63) is 52.1 Å². The molecule has 1 N–H and O–H groups in total. The Bertz CT molecular complexity index is 570. The number of nitrogens with one attached hydrogen (secondary N) is 1. The van der Waals surface area contributed by atoms with Crippen LogP contribution in [-0.4, -0.2) is 4.98 Å². The van der Waals surface area contributed by atoms with E-state index in [0.29, 0.717) is 5.56 Å². The number of aromatic nitrogens is 1. The molecule has 0 atom stereocenters. The maximum Gasteiger partial charge on any atom is 0.130 e. The van der Waals surface area contributed by atoms with Gasteiger partial charge in [-0.05, 0) is 36.8 Å². The van der Waals surface area contributed by atoms with E-state index in [1.807, 2.05) is 31.2 Å². The Labute approximate surface area is 108 Å². The first kappa shape index (κ1) is 11.6. The molecule has 84 valence electrons. The summed E-state index contributed by atoms with van der Waals surface area (Å²) >= 11 is 3.43. The topological polar surface area (TPSA) is 48.7 Å². The van der Waals surface area contributed by atoms with Crippen molar-refractivity contribution in [1.82, 2.24) is 4.98 Å². The molecule has 2 rings (SSSR count). The van der Waals surface area contributed by atoms with Crippen LogP contribution in [0.15, 0.2) is 41.0 Å². The monoisotopic (exact) mass is 287 g/mol. The van der Waals surface area contributed by atoms with Crippen LogP contribution in [0.25, 0.3) is 0 Å². The molecule has 2 aromatic rings. The molecule has 0 aliphatic heterocycles. The number of hydrogen-bond acceptors (Lipinski definition) is 3. The molecule has 0 saturated carbocycles. The van der Waals surface area contributed by atoms with E-state index in [0.717, 1.165) is 21.5 Å². The number of pyridine rings is 1. The molecule has 0 aliphatic carbocycles. The van der Waals surface area contributed by atoms with Crippen LogP contribution in [0.1, 0.15) is 11.1 Å². The van der Waals surface area contributed by atoms with Crippen molar-refractivity contribution >= 4 is 27.4 Å². The van der Waals surface area contributed by atoms with Crippen molar-refractivity contribution in [3.8, 4) is 6.07 Å². The lowest BCUT2D eigenvalue weighted by Crippen LogP contribution is -1.95. The van der Waals surface area contributed by atoms with Crippen molar-refractivity contribution in [2.75, 3.05) is 5.32 Å². The van der Waals surface area contributed by atoms with Gasteiger partial charge in [-0.15, -0.1) is 0 Å². The van der Waals surface area contributed by atoms with Gasteiger partial charge in [0.2, 0.25) is 0 Å². The quantitative estimate of drug-likeness (QED) is 0.915. The fraction of sp³-hybridized carbons (Fsp3) is 0.0769. The molecular weight excluding hydrogens is 278 g/mol. The molecule has 0 bridgehead atoms. The first-order valence-corrected chi connectivity index (χ1v) is 5.87. The summed E-state index contributed by atoms with van der Waals surface area (Å²) in [5.41, 5.74) is 2.69. The highest BCUT2D eigenvalue weighted by Gasteiger charge is 2.01. The lowest BCUT2D eigenvalue weighted by atomic mass is 10.2. The lowest BCUT2D eigenvalue weighted by molar-refractivity contribution is 1.28. The fourth-order valence-corrected chi connectivity index (χ4v) is 1.76. The van der Waals surface area contributed by atoms with Crippen LogP contribution >= 0.6 is 15.9 Å². The van der Waals surface area contributed by atoms with Gasteiger partial charge in [0.05, 0.1) is 5.56 Å².